The number of aryl methyl sites for hydroxylation is 1. The normalized spacial score (nSPS) is 15.5. The van der Waals surface area contributed by atoms with Crippen molar-refractivity contribution in [2.75, 3.05) is 5.75 Å². The molecule has 0 aliphatic rings. The van der Waals surface area contributed by atoms with Gasteiger partial charge in [0.15, 0.2) is 9.84 Å². The summed E-state index contributed by atoms with van der Waals surface area (Å²) < 4.78 is 23.5. The van der Waals surface area contributed by atoms with Crippen LogP contribution in [0.15, 0.2) is 24.3 Å². The van der Waals surface area contributed by atoms with Gasteiger partial charge in [-0.15, -0.1) is 0 Å². The quantitative estimate of drug-likeness (QED) is 0.876. The minimum Gasteiger partial charge on any atom is -0.323 e. The van der Waals surface area contributed by atoms with E-state index in [1.54, 1.807) is 13.8 Å². The smallest absolute Gasteiger partial charge is 0.154 e. The third kappa shape index (κ3) is 3.30. The van der Waals surface area contributed by atoms with Crippen molar-refractivity contribution in [1.29, 1.82) is 0 Å². The predicted molar refractivity (Wildman–Crippen MR) is 71.7 cm³/mol. The number of sulfone groups is 1. The summed E-state index contributed by atoms with van der Waals surface area (Å²) in [4.78, 5) is 0. The van der Waals surface area contributed by atoms with E-state index in [0.29, 0.717) is 0 Å². The molecule has 96 valence electrons. The lowest BCUT2D eigenvalue weighted by molar-refractivity contribution is 0.566. The van der Waals surface area contributed by atoms with Crippen molar-refractivity contribution in [3.63, 3.8) is 0 Å². The molecule has 0 saturated heterocycles. The van der Waals surface area contributed by atoms with Gasteiger partial charge in [-0.05, 0) is 24.5 Å². The zero-order valence-electron chi connectivity index (χ0n) is 10.7. The molecule has 0 spiro atoms. The Morgan fingerprint density at radius 3 is 2.12 bits per heavy atom. The first-order chi connectivity index (χ1) is 7.92. The number of nitrogens with two attached hydrogens (primary N) is 1. The Morgan fingerprint density at radius 1 is 1.18 bits per heavy atom. The van der Waals surface area contributed by atoms with Crippen LogP contribution in [0.4, 0.5) is 0 Å². The van der Waals surface area contributed by atoms with Gasteiger partial charge in [0.25, 0.3) is 0 Å². The summed E-state index contributed by atoms with van der Waals surface area (Å²) in [5.41, 5.74) is 8.12. The van der Waals surface area contributed by atoms with Crippen LogP contribution in [0.5, 0.6) is 0 Å². The zero-order valence-corrected chi connectivity index (χ0v) is 11.5. The minimum absolute atomic E-state index is 0.134. The molecule has 1 aromatic rings. The molecular weight excluding hydrogens is 234 g/mol. The van der Waals surface area contributed by atoms with Crippen molar-refractivity contribution in [3.05, 3.63) is 35.4 Å². The minimum atomic E-state index is -3.09. The summed E-state index contributed by atoms with van der Waals surface area (Å²) in [6.45, 7) is 5.41. The Hall–Kier alpha value is -0.870. The van der Waals surface area contributed by atoms with Crippen LogP contribution in [-0.2, 0) is 16.3 Å². The molecule has 2 unspecified atom stereocenters. The lowest BCUT2D eigenvalue weighted by Gasteiger charge is -2.20. The highest BCUT2D eigenvalue weighted by Crippen LogP contribution is 2.20. The summed E-state index contributed by atoms with van der Waals surface area (Å²) in [5.74, 6) is 0.134. The van der Waals surface area contributed by atoms with Gasteiger partial charge in [0, 0.05) is 11.8 Å². The van der Waals surface area contributed by atoms with E-state index >= 15 is 0 Å². The molecule has 0 aliphatic carbocycles. The van der Waals surface area contributed by atoms with E-state index in [-0.39, 0.29) is 5.75 Å². The van der Waals surface area contributed by atoms with Crippen LogP contribution in [0.25, 0.3) is 0 Å². The van der Waals surface area contributed by atoms with Gasteiger partial charge in [0.1, 0.15) is 0 Å². The van der Waals surface area contributed by atoms with E-state index < -0.39 is 21.1 Å². The summed E-state index contributed by atoms with van der Waals surface area (Å²) in [6, 6.07) is 7.39. The molecule has 0 fully saturated rings. The van der Waals surface area contributed by atoms with Crippen LogP contribution in [0.3, 0.4) is 0 Å². The van der Waals surface area contributed by atoms with E-state index in [0.717, 1.165) is 12.0 Å². The second-order valence-corrected chi connectivity index (χ2v) is 6.92. The average molecular weight is 255 g/mol. The van der Waals surface area contributed by atoms with Gasteiger partial charge in [-0.2, -0.15) is 0 Å². The summed E-state index contributed by atoms with van der Waals surface area (Å²) >= 11 is 0. The van der Waals surface area contributed by atoms with Gasteiger partial charge < -0.3 is 5.73 Å². The first kappa shape index (κ1) is 14.2. The molecule has 0 aliphatic heterocycles. The molecule has 1 aromatic carbocycles. The highest BCUT2D eigenvalue weighted by molar-refractivity contribution is 7.92. The van der Waals surface area contributed by atoms with Crippen molar-refractivity contribution in [2.45, 2.75) is 38.5 Å². The summed E-state index contributed by atoms with van der Waals surface area (Å²) in [7, 11) is -3.09. The molecule has 0 aromatic heterocycles. The van der Waals surface area contributed by atoms with Crippen LogP contribution < -0.4 is 5.73 Å². The number of hydrogen-bond acceptors (Lipinski definition) is 3. The molecule has 0 saturated carbocycles. The molecule has 0 amide bonds. The van der Waals surface area contributed by atoms with Crippen LogP contribution in [0, 0.1) is 0 Å². The standard InChI is InChI=1S/C13H21NO2S/c1-4-11-6-8-12(9-7-11)13(14)10(3)17(15,16)5-2/h6-10,13H,4-5,14H2,1-3H3. The molecule has 4 heteroatoms. The third-order valence-corrected chi connectivity index (χ3v) is 5.48. The monoisotopic (exact) mass is 255 g/mol. The van der Waals surface area contributed by atoms with Crippen molar-refractivity contribution in [3.8, 4) is 0 Å². The van der Waals surface area contributed by atoms with Gasteiger partial charge in [-0.1, -0.05) is 38.1 Å². The number of hydrogen-bond donors (Lipinski definition) is 1. The van der Waals surface area contributed by atoms with E-state index in [4.69, 9.17) is 5.73 Å². The molecule has 1 rings (SSSR count). The zero-order chi connectivity index (χ0) is 13.1. The predicted octanol–water partition coefficient (Wildman–Crippen LogP) is 2.07. The van der Waals surface area contributed by atoms with Crippen LogP contribution in [-0.4, -0.2) is 19.4 Å². The molecule has 0 radical (unpaired) electrons. The lowest BCUT2D eigenvalue weighted by Crippen LogP contribution is -2.32. The second kappa shape index (κ2) is 5.65. The summed E-state index contributed by atoms with van der Waals surface area (Å²) in [5, 5.41) is -0.542. The Bertz CT molecular complexity index is 451. The Balaban J connectivity index is 2.92. The first-order valence-electron chi connectivity index (χ1n) is 5.98. The van der Waals surface area contributed by atoms with Gasteiger partial charge >= 0.3 is 0 Å². The van der Waals surface area contributed by atoms with Gasteiger partial charge in [0.2, 0.25) is 0 Å². The molecule has 17 heavy (non-hydrogen) atoms. The van der Waals surface area contributed by atoms with Crippen LogP contribution in [0.1, 0.15) is 37.9 Å². The van der Waals surface area contributed by atoms with Crippen LogP contribution >= 0.6 is 0 Å². The van der Waals surface area contributed by atoms with Crippen molar-refractivity contribution < 1.29 is 8.42 Å². The highest BCUT2D eigenvalue weighted by Gasteiger charge is 2.26. The van der Waals surface area contributed by atoms with Gasteiger partial charge in [-0.25, -0.2) is 8.42 Å². The molecular formula is C13H21NO2S. The SMILES string of the molecule is CCc1ccc(C(N)C(C)S(=O)(=O)CC)cc1. The average Bonchev–Trinajstić information content (AvgIpc) is 2.37. The van der Waals surface area contributed by atoms with Crippen LogP contribution in [0.2, 0.25) is 0 Å². The summed E-state index contributed by atoms with van der Waals surface area (Å²) in [6.07, 6.45) is 0.971. The first-order valence-corrected chi connectivity index (χ1v) is 7.69. The van der Waals surface area contributed by atoms with Crippen molar-refractivity contribution in [2.24, 2.45) is 5.73 Å². The fourth-order valence-electron chi connectivity index (χ4n) is 1.73. The van der Waals surface area contributed by atoms with E-state index in [2.05, 4.69) is 6.92 Å². The topological polar surface area (TPSA) is 60.2 Å². The van der Waals surface area contributed by atoms with E-state index in [1.807, 2.05) is 24.3 Å². The van der Waals surface area contributed by atoms with Gasteiger partial charge in [0.05, 0.1) is 5.25 Å². The fourth-order valence-corrected chi connectivity index (χ4v) is 2.86. The fraction of sp³-hybridized carbons (Fsp3) is 0.538. The maximum Gasteiger partial charge on any atom is 0.154 e. The number of benzene rings is 1. The Labute approximate surface area is 104 Å². The number of rotatable bonds is 5. The molecule has 0 bridgehead atoms. The molecule has 3 nitrogen and oxygen atoms in total. The molecule has 0 heterocycles. The van der Waals surface area contributed by atoms with E-state index in [1.165, 1.54) is 5.56 Å². The largest absolute Gasteiger partial charge is 0.323 e. The Morgan fingerprint density at radius 2 is 1.71 bits per heavy atom. The maximum absolute atomic E-state index is 11.8. The second-order valence-electron chi connectivity index (χ2n) is 4.28. The Kier molecular flexibility index (Phi) is 4.71. The van der Waals surface area contributed by atoms with Gasteiger partial charge in [-0.3, -0.25) is 0 Å². The lowest BCUT2D eigenvalue weighted by atomic mass is 10.0. The highest BCUT2D eigenvalue weighted by atomic mass is 32.2. The van der Waals surface area contributed by atoms with Crippen molar-refractivity contribution in [1.82, 2.24) is 0 Å². The third-order valence-electron chi connectivity index (χ3n) is 3.25. The molecule has 2 atom stereocenters. The maximum atomic E-state index is 11.8. The van der Waals surface area contributed by atoms with Crippen molar-refractivity contribution >= 4 is 9.84 Å². The van der Waals surface area contributed by atoms with E-state index in [9.17, 15) is 8.42 Å². The molecule has 2 N–H and O–H groups in total.